The topological polar surface area (TPSA) is 59.7 Å². The Morgan fingerprint density at radius 1 is 1.29 bits per heavy atom. The van der Waals surface area contributed by atoms with Crippen molar-refractivity contribution in [2.24, 2.45) is 5.92 Å². The van der Waals surface area contributed by atoms with Crippen LogP contribution in [0.1, 0.15) is 64.4 Å². The lowest BCUT2D eigenvalue weighted by Crippen LogP contribution is -2.40. The van der Waals surface area contributed by atoms with Gasteiger partial charge >= 0.3 is 0 Å². The summed E-state index contributed by atoms with van der Waals surface area (Å²) in [5, 5.41) is 12.8. The van der Waals surface area contributed by atoms with Gasteiger partial charge in [0.15, 0.2) is 5.82 Å². The number of hydrogen-bond donors (Lipinski definition) is 0. The summed E-state index contributed by atoms with van der Waals surface area (Å²) in [6.07, 6.45) is 7.17. The van der Waals surface area contributed by atoms with Crippen LogP contribution in [0.15, 0.2) is 24.5 Å². The second-order valence-corrected chi connectivity index (χ2v) is 7.52. The average molecular weight is 328 g/mol. The normalized spacial score (nSPS) is 18.7. The van der Waals surface area contributed by atoms with Gasteiger partial charge in [-0.1, -0.05) is 19.9 Å². The van der Waals surface area contributed by atoms with E-state index in [0.717, 1.165) is 36.8 Å². The number of tetrazole rings is 1. The number of rotatable bonds is 5. The van der Waals surface area contributed by atoms with Gasteiger partial charge in [0, 0.05) is 12.4 Å². The van der Waals surface area contributed by atoms with E-state index in [1.807, 2.05) is 23.1 Å². The first-order valence-electron chi connectivity index (χ1n) is 8.95. The Bertz CT molecular complexity index is 643. The molecule has 1 aliphatic rings. The second-order valence-electron chi connectivity index (χ2n) is 7.52. The zero-order chi connectivity index (χ0) is 17.2. The van der Waals surface area contributed by atoms with Gasteiger partial charge < -0.3 is 0 Å². The molecule has 1 saturated heterocycles. The van der Waals surface area contributed by atoms with Crippen LogP contribution in [-0.4, -0.2) is 43.2 Å². The fourth-order valence-electron chi connectivity index (χ4n) is 3.29. The minimum atomic E-state index is -0.109. The van der Waals surface area contributed by atoms with Crippen LogP contribution in [0.25, 0.3) is 0 Å². The summed E-state index contributed by atoms with van der Waals surface area (Å²) in [7, 11) is 0. The molecule has 0 amide bonds. The molecule has 3 heterocycles. The van der Waals surface area contributed by atoms with Crippen LogP contribution in [0.5, 0.6) is 0 Å². The molecule has 0 radical (unpaired) electrons. The molecule has 1 fully saturated rings. The van der Waals surface area contributed by atoms with Gasteiger partial charge in [-0.05, 0) is 74.2 Å². The number of likely N-dealkylation sites (tertiary alicyclic amines) is 1. The Hall–Kier alpha value is -1.82. The van der Waals surface area contributed by atoms with Gasteiger partial charge in [-0.15, -0.1) is 5.10 Å². The lowest BCUT2D eigenvalue weighted by atomic mass is 9.95. The van der Waals surface area contributed by atoms with Crippen molar-refractivity contribution in [1.82, 2.24) is 30.1 Å². The summed E-state index contributed by atoms with van der Waals surface area (Å²) in [6.45, 7) is 11.0. The summed E-state index contributed by atoms with van der Waals surface area (Å²) in [6, 6.07) is 4.19. The highest BCUT2D eigenvalue weighted by molar-refractivity contribution is 5.22. The third-order valence-electron chi connectivity index (χ3n) is 5.36. The monoisotopic (exact) mass is 328 g/mol. The molecule has 0 aromatic carbocycles. The summed E-state index contributed by atoms with van der Waals surface area (Å²) < 4.78 is 2.00. The molecular formula is C18H28N6. The van der Waals surface area contributed by atoms with Crippen molar-refractivity contribution in [1.29, 1.82) is 0 Å². The van der Waals surface area contributed by atoms with Crippen LogP contribution in [0.3, 0.4) is 0 Å². The molecular weight excluding hydrogens is 300 g/mol. The van der Waals surface area contributed by atoms with Gasteiger partial charge in [-0.2, -0.15) is 0 Å². The maximum atomic E-state index is 4.43. The molecule has 0 N–H and O–H groups in total. The number of nitrogens with zero attached hydrogens (tertiary/aromatic N) is 6. The Labute approximate surface area is 144 Å². The zero-order valence-electron chi connectivity index (χ0n) is 15.2. The Morgan fingerprint density at radius 3 is 2.67 bits per heavy atom. The van der Waals surface area contributed by atoms with E-state index in [2.05, 4.69) is 59.2 Å². The van der Waals surface area contributed by atoms with Crippen molar-refractivity contribution in [2.45, 2.75) is 58.5 Å². The molecule has 0 spiro atoms. The van der Waals surface area contributed by atoms with Crippen LogP contribution >= 0.6 is 0 Å². The van der Waals surface area contributed by atoms with E-state index < -0.39 is 0 Å². The van der Waals surface area contributed by atoms with Gasteiger partial charge in [-0.3, -0.25) is 9.88 Å². The molecule has 2 aromatic rings. The SMILES string of the molecule is CCC(C)(C)n1nnnc1[C@@H](c1cccnc1)N1CCC(C)CC1. The van der Waals surface area contributed by atoms with Crippen molar-refractivity contribution in [3.8, 4) is 0 Å². The standard InChI is InChI=1S/C18H28N6/c1-5-18(3,4)24-17(20-21-22-24)16(15-7-6-10-19-13-15)23-11-8-14(2)9-12-23/h6-7,10,13-14,16H,5,8-9,11-12H2,1-4H3/t16-/m1/s1. The fourth-order valence-corrected chi connectivity index (χ4v) is 3.29. The molecule has 6 heteroatoms. The highest BCUT2D eigenvalue weighted by atomic mass is 15.6. The third-order valence-corrected chi connectivity index (χ3v) is 5.36. The fraction of sp³-hybridized carbons (Fsp3) is 0.667. The lowest BCUT2D eigenvalue weighted by Gasteiger charge is -2.37. The number of pyridine rings is 1. The molecule has 6 nitrogen and oxygen atoms in total. The summed E-state index contributed by atoms with van der Waals surface area (Å²) in [4.78, 5) is 6.84. The lowest BCUT2D eigenvalue weighted by molar-refractivity contribution is 0.143. The maximum absolute atomic E-state index is 4.43. The highest BCUT2D eigenvalue weighted by Gasteiger charge is 2.33. The predicted octanol–water partition coefficient (Wildman–Crippen LogP) is 3.03. The highest BCUT2D eigenvalue weighted by Crippen LogP contribution is 2.33. The van der Waals surface area contributed by atoms with Crippen LogP contribution in [0.2, 0.25) is 0 Å². The zero-order valence-corrected chi connectivity index (χ0v) is 15.2. The molecule has 1 atom stereocenters. The predicted molar refractivity (Wildman–Crippen MR) is 93.5 cm³/mol. The quantitative estimate of drug-likeness (QED) is 0.844. The smallest absolute Gasteiger partial charge is 0.173 e. The van der Waals surface area contributed by atoms with Gasteiger partial charge in [0.05, 0.1) is 11.6 Å². The molecule has 0 saturated carbocycles. The number of aromatic nitrogens is 5. The second kappa shape index (κ2) is 6.97. The van der Waals surface area contributed by atoms with Crippen LogP contribution in [0, 0.1) is 5.92 Å². The van der Waals surface area contributed by atoms with Crippen molar-refractivity contribution >= 4 is 0 Å². The largest absolute Gasteiger partial charge is 0.290 e. The number of hydrogen-bond acceptors (Lipinski definition) is 5. The molecule has 2 aromatic heterocycles. The molecule has 130 valence electrons. The minimum absolute atomic E-state index is 0.0621. The van der Waals surface area contributed by atoms with Crippen molar-refractivity contribution in [3.63, 3.8) is 0 Å². The van der Waals surface area contributed by atoms with E-state index in [1.165, 1.54) is 12.8 Å². The van der Waals surface area contributed by atoms with E-state index in [1.54, 1.807) is 0 Å². The minimum Gasteiger partial charge on any atom is -0.290 e. The number of piperidine rings is 1. The first kappa shape index (κ1) is 17.0. The van der Waals surface area contributed by atoms with Gasteiger partial charge in [0.1, 0.15) is 0 Å². The van der Waals surface area contributed by atoms with Gasteiger partial charge in [0.2, 0.25) is 0 Å². The van der Waals surface area contributed by atoms with Crippen LogP contribution < -0.4 is 0 Å². The Morgan fingerprint density at radius 2 is 2.04 bits per heavy atom. The van der Waals surface area contributed by atoms with E-state index in [9.17, 15) is 0 Å². The van der Waals surface area contributed by atoms with Gasteiger partial charge in [0.25, 0.3) is 0 Å². The Balaban J connectivity index is 2.02. The third kappa shape index (κ3) is 3.34. The molecule has 0 aliphatic carbocycles. The van der Waals surface area contributed by atoms with Crippen LogP contribution in [-0.2, 0) is 5.54 Å². The molecule has 0 bridgehead atoms. The first-order chi connectivity index (χ1) is 11.5. The molecule has 0 unspecified atom stereocenters. The first-order valence-corrected chi connectivity index (χ1v) is 8.95. The van der Waals surface area contributed by atoms with E-state index >= 15 is 0 Å². The molecule has 1 aliphatic heterocycles. The Kier molecular flexibility index (Phi) is 4.94. The van der Waals surface area contributed by atoms with Crippen LogP contribution in [0.4, 0.5) is 0 Å². The average Bonchev–Trinajstić information content (AvgIpc) is 3.08. The van der Waals surface area contributed by atoms with E-state index in [4.69, 9.17) is 0 Å². The van der Waals surface area contributed by atoms with Gasteiger partial charge in [-0.25, -0.2) is 4.68 Å². The van der Waals surface area contributed by atoms with Crippen molar-refractivity contribution < 1.29 is 0 Å². The molecule has 3 rings (SSSR count). The summed E-state index contributed by atoms with van der Waals surface area (Å²) in [5.41, 5.74) is 1.05. The van der Waals surface area contributed by atoms with Crippen molar-refractivity contribution in [3.05, 3.63) is 35.9 Å². The maximum Gasteiger partial charge on any atom is 0.173 e. The van der Waals surface area contributed by atoms with Crippen molar-refractivity contribution in [2.75, 3.05) is 13.1 Å². The summed E-state index contributed by atoms with van der Waals surface area (Å²) in [5.74, 6) is 1.71. The molecule has 24 heavy (non-hydrogen) atoms. The van der Waals surface area contributed by atoms with E-state index in [0.29, 0.717) is 0 Å². The summed E-state index contributed by atoms with van der Waals surface area (Å²) >= 11 is 0. The van der Waals surface area contributed by atoms with E-state index in [-0.39, 0.29) is 11.6 Å².